The van der Waals surface area contributed by atoms with Crippen molar-refractivity contribution in [2.75, 3.05) is 0 Å². The first-order chi connectivity index (χ1) is 9.93. The highest BCUT2D eigenvalue weighted by Gasteiger charge is 2.50. The van der Waals surface area contributed by atoms with Gasteiger partial charge in [0.25, 0.3) is 0 Å². The molecule has 21 heavy (non-hydrogen) atoms. The van der Waals surface area contributed by atoms with Crippen LogP contribution in [0.2, 0.25) is 0 Å². The zero-order valence-corrected chi connectivity index (χ0v) is 12.8. The van der Waals surface area contributed by atoms with E-state index in [1.165, 1.54) is 0 Å². The molecular weight excluding hydrogens is 268 g/mol. The van der Waals surface area contributed by atoms with Gasteiger partial charge in [0.05, 0.1) is 5.41 Å². The number of hydrogen-bond donors (Lipinski definition) is 2. The summed E-state index contributed by atoms with van der Waals surface area (Å²) >= 11 is 0. The Labute approximate surface area is 125 Å². The summed E-state index contributed by atoms with van der Waals surface area (Å²) in [6.45, 7) is 3.77. The highest BCUT2D eigenvalue weighted by molar-refractivity contribution is 5.92. The van der Waals surface area contributed by atoms with Gasteiger partial charge in [-0.1, -0.05) is 37.8 Å². The van der Waals surface area contributed by atoms with Crippen LogP contribution in [0.15, 0.2) is 22.8 Å². The molecule has 1 saturated carbocycles. The molecule has 0 saturated heterocycles. The molecule has 0 heterocycles. The van der Waals surface area contributed by atoms with Crippen LogP contribution >= 0.6 is 0 Å². The van der Waals surface area contributed by atoms with Gasteiger partial charge in [0.1, 0.15) is 0 Å². The maximum atomic E-state index is 12.1. The summed E-state index contributed by atoms with van der Waals surface area (Å²) in [5, 5.41) is 19.4. The molecule has 0 aliphatic heterocycles. The molecule has 1 atom stereocenters. The van der Waals surface area contributed by atoms with Gasteiger partial charge < -0.3 is 10.2 Å². The summed E-state index contributed by atoms with van der Waals surface area (Å²) in [7, 11) is 0. The summed E-state index contributed by atoms with van der Waals surface area (Å²) in [4.78, 5) is 23.6. The molecule has 0 amide bonds. The van der Waals surface area contributed by atoms with Crippen molar-refractivity contribution in [1.29, 1.82) is 0 Å². The Morgan fingerprint density at radius 1 is 1.24 bits per heavy atom. The Kier molecular flexibility index (Phi) is 4.55. The molecule has 0 aromatic carbocycles. The van der Waals surface area contributed by atoms with Gasteiger partial charge in [0.2, 0.25) is 0 Å². The lowest BCUT2D eigenvalue weighted by molar-refractivity contribution is -0.151. The highest BCUT2D eigenvalue weighted by atomic mass is 16.4. The van der Waals surface area contributed by atoms with Gasteiger partial charge in [-0.25, -0.2) is 4.79 Å². The fraction of sp³-hybridized carbons (Fsp3) is 0.647. The van der Waals surface area contributed by atoms with E-state index in [-0.39, 0.29) is 17.9 Å². The molecule has 0 spiro atoms. The number of aliphatic carboxylic acids is 2. The average molecular weight is 292 g/mol. The summed E-state index contributed by atoms with van der Waals surface area (Å²) in [6, 6.07) is 0. The van der Waals surface area contributed by atoms with Crippen LogP contribution in [-0.2, 0) is 9.59 Å². The molecule has 4 heteroatoms. The third-order valence-corrected chi connectivity index (χ3v) is 5.26. The summed E-state index contributed by atoms with van der Waals surface area (Å²) in [5.74, 6) is -1.79. The van der Waals surface area contributed by atoms with E-state index in [9.17, 15) is 19.8 Å². The number of carboxylic acids is 2. The second-order valence-electron chi connectivity index (χ2n) is 6.28. The van der Waals surface area contributed by atoms with Crippen LogP contribution in [0.1, 0.15) is 58.8 Å². The van der Waals surface area contributed by atoms with Gasteiger partial charge in [0, 0.05) is 5.57 Å². The average Bonchev–Trinajstić information content (AvgIpc) is 2.47. The minimum absolute atomic E-state index is 0.0488. The minimum atomic E-state index is -1.02. The maximum absolute atomic E-state index is 12.1. The van der Waals surface area contributed by atoms with Crippen molar-refractivity contribution in [3.05, 3.63) is 22.8 Å². The van der Waals surface area contributed by atoms with E-state index in [0.717, 1.165) is 43.3 Å². The second-order valence-corrected chi connectivity index (χ2v) is 6.28. The standard InChI is InChI=1S/C17H24O4/c1-3-12-9-11(2)17(16(20)21,10-14(12)15(18)19)13-7-5-4-6-8-13/h9,13H,3-8,10H2,1-2H3,(H,18,19)(H,20,21). The van der Waals surface area contributed by atoms with Crippen molar-refractivity contribution in [3.8, 4) is 0 Å². The van der Waals surface area contributed by atoms with E-state index in [1.807, 2.05) is 19.9 Å². The zero-order chi connectivity index (χ0) is 15.6. The van der Waals surface area contributed by atoms with Gasteiger partial charge >= 0.3 is 11.9 Å². The topological polar surface area (TPSA) is 74.6 Å². The van der Waals surface area contributed by atoms with Crippen LogP contribution in [0.5, 0.6) is 0 Å². The van der Waals surface area contributed by atoms with Crippen molar-refractivity contribution in [1.82, 2.24) is 0 Å². The molecule has 2 aliphatic carbocycles. The van der Waals surface area contributed by atoms with Crippen molar-refractivity contribution < 1.29 is 19.8 Å². The number of carboxylic acid groups (broad SMARTS) is 2. The predicted octanol–water partition coefficient (Wildman–Crippen LogP) is 3.78. The number of hydrogen-bond acceptors (Lipinski definition) is 2. The molecule has 2 rings (SSSR count). The monoisotopic (exact) mass is 292 g/mol. The molecule has 1 fully saturated rings. The summed E-state index contributed by atoms with van der Waals surface area (Å²) < 4.78 is 0. The minimum Gasteiger partial charge on any atom is -0.481 e. The molecule has 1 unspecified atom stereocenters. The van der Waals surface area contributed by atoms with Crippen molar-refractivity contribution >= 4 is 11.9 Å². The lowest BCUT2D eigenvalue weighted by Crippen LogP contribution is -2.43. The largest absolute Gasteiger partial charge is 0.481 e. The number of carbonyl (C=O) groups is 2. The van der Waals surface area contributed by atoms with E-state index < -0.39 is 17.4 Å². The van der Waals surface area contributed by atoms with Crippen molar-refractivity contribution in [3.63, 3.8) is 0 Å². The smallest absolute Gasteiger partial charge is 0.331 e. The quantitative estimate of drug-likeness (QED) is 0.827. The summed E-state index contributed by atoms with van der Waals surface area (Å²) in [5.41, 5.74) is 0.861. The normalized spacial score (nSPS) is 27.4. The Morgan fingerprint density at radius 2 is 1.86 bits per heavy atom. The SMILES string of the molecule is CCC1=C(C(=O)O)CC(C(=O)O)(C2CCCCC2)C(C)=C1. The highest BCUT2D eigenvalue weighted by Crippen LogP contribution is 2.51. The molecule has 0 bridgehead atoms. The van der Waals surface area contributed by atoms with Gasteiger partial charge in [0.15, 0.2) is 0 Å². The second kappa shape index (κ2) is 6.04. The molecule has 2 N–H and O–H groups in total. The van der Waals surface area contributed by atoms with Gasteiger partial charge in [-0.2, -0.15) is 0 Å². The summed E-state index contributed by atoms with van der Waals surface area (Å²) in [6.07, 6.45) is 7.57. The molecule has 0 aromatic heterocycles. The van der Waals surface area contributed by atoms with Gasteiger partial charge in [-0.15, -0.1) is 0 Å². The predicted molar refractivity (Wildman–Crippen MR) is 80.0 cm³/mol. The van der Waals surface area contributed by atoms with Gasteiger partial charge in [-0.05, 0) is 44.1 Å². The lowest BCUT2D eigenvalue weighted by Gasteiger charge is -2.42. The fourth-order valence-corrected chi connectivity index (χ4v) is 4.02. The van der Waals surface area contributed by atoms with Crippen LogP contribution in [0.25, 0.3) is 0 Å². The third kappa shape index (κ3) is 2.63. The third-order valence-electron chi connectivity index (χ3n) is 5.26. The van der Waals surface area contributed by atoms with Crippen LogP contribution in [0, 0.1) is 11.3 Å². The van der Waals surface area contributed by atoms with E-state index >= 15 is 0 Å². The molecule has 4 nitrogen and oxygen atoms in total. The van der Waals surface area contributed by atoms with E-state index in [2.05, 4.69) is 0 Å². The Hall–Kier alpha value is -1.58. The van der Waals surface area contributed by atoms with E-state index in [4.69, 9.17) is 0 Å². The van der Waals surface area contributed by atoms with E-state index in [1.54, 1.807) is 0 Å². The lowest BCUT2D eigenvalue weighted by atomic mass is 9.59. The number of rotatable bonds is 4. The van der Waals surface area contributed by atoms with Crippen LogP contribution in [0.3, 0.4) is 0 Å². The first-order valence-corrected chi connectivity index (χ1v) is 7.81. The van der Waals surface area contributed by atoms with Crippen molar-refractivity contribution in [2.24, 2.45) is 11.3 Å². The molecule has 0 radical (unpaired) electrons. The van der Waals surface area contributed by atoms with Crippen LogP contribution < -0.4 is 0 Å². The number of allylic oxidation sites excluding steroid dienone is 2. The van der Waals surface area contributed by atoms with Crippen LogP contribution in [0.4, 0.5) is 0 Å². The molecule has 0 aromatic rings. The zero-order valence-electron chi connectivity index (χ0n) is 12.8. The Morgan fingerprint density at radius 3 is 2.33 bits per heavy atom. The Balaban J connectivity index is 2.48. The van der Waals surface area contributed by atoms with Gasteiger partial charge in [-0.3, -0.25) is 4.79 Å². The molecule has 2 aliphatic rings. The first-order valence-electron chi connectivity index (χ1n) is 7.81. The molecule has 116 valence electrons. The van der Waals surface area contributed by atoms with Crippen LogP contribution in [-0.4, -0.2) is 22.2 Å². The Bertz CT molecular complexity index is 509. The molecular formula is C17H24O4. The first kappa shape index (κ1) is 15.8. The fourth-order valence-electron chi connectivity index (χ4n) is 4.02. The maximum Gasteiger partial charge on any atom is 0.331 e. The van der Waals surface area contributed by atoms with Crippen molar-refractivity contribution in [2.45, 2.75) is 58.8 Å². The van der Waals surface area contributed by atoms with E-state index in [0.29, 0.717) is 6.42 Å².